The van der Waals surface area contributed by atoms with Gasteiger partial charge in [0, 0.05) is 12.6 Å². The van der Waals surface area contributed by atoms with E-state index in [1.165, 1.54) is 25.7 Å². The minimum Gasteiger partial charge on any atom is -0.463 e. The zero-order valence-electron chi connectivity index (χ0n) is 11.7. The molecular formula is C15H25NO2. The van der Waals surface area contributed by atoms with E-state index in [1.54, 1.807) is 0 Å². The molecule has 0 aliphatic heterocycles. The van der Waals surface area contributed by atoms with Gasteiger partial charge in [0.25, 0.3) is 0 Å². The summed E-state index contributed by atoms with van der Waals surface area (Å²) in [4.78, 5) is 0. The van der Waals surface area contributed by atoms with E-state index < -0.39 is 5.60 Å². The van der Waals surface area contributed by atoms with E-state index >= 15 is 0 Å². The lowest BCUT2D eigenvalue weighted by molar-refractivity contribution is 0.0309. The monoisotopic (exact) mass is 251 g/mol. The summed E-state index contributed by atoms with van der Waals surface area (Å²) in [5.74, 6) is 2.35. The molecule has 0 spiro atoms. The molecule has 1 saturated carbocycles. The summed E-state index contributed by atoms with van der Waals surface area (Å²) in [7, 11) is 0. The first-order valence-corrected chi connectivity index (χ1v) is 7.04. The Balaban J connectivity index is 1.86. The Kier molecular flexibility index (Phi) is 4.13. The number of aryl methyl sites for hydroxylation is 1. The topological polar surface area (TPSA) is 45.4 Å². The summed E-state index contributed by atoms with van der Waals surface area (Å²) < 4.78 is 5.52. The van der Waals surface area contributed by atoms with Crippen molar-refractivity contribution in [3.8, 4) is 0 Å². The van der Waals surface area contributed by atoms with Gasteiger partial charge < -0.3 is 14.8 Å². The molecule has 0 saturated heterocycles. The Morgan fingerprint density at radius 2 is 2.22 bits per heavy atom. The van der Waals surface area contributed by atoms with Crippen LogP contribution in [0.4, 0.5) is 0 Å². The third-order valence-corrected chi connectivity index (χ3v) is 4.12. The molecule has 1 aliphatic carbocycles. The number of hydrogen-bond donors (Lipinski definition) is 2. The highest BCUT2D eigenvalue weighted by molar-refractivity contribution is 5.13. The molecule has 102 valence electrons. The summed E-state index contributed by atoms with van der Waals surface area (Å²) >= 11 is 0. The van der Waals surface area contributed by atoms with Gasteiger partial charge >= 0.3 is 0 Å². The van der Waals surface area contributed by atoms with Crippen LogP contribution in [0.5, 0.6) is 0 Å². The molecule has 3 atom stereocenters. The average molecular weight is 251 g/mol. The molecule has 1 aromatic rings. The summed E-state index contributed by atoms with van der Waals surface area (Å²) in [5.41, 5.74) is -0.918. The normalized spacial score (nSPS) is 27.3. The van der Waals surface area contributed by atoms with Gasteiger partial charge in [-0.2, -0.15) is 0 Å². The number of nitrogens with one attached hydrogen (secondary N) is 1. The maximum Gasteiger partial charge on any atom is 0.136 e. The fraction of sp³-hybridized carbons (Fsp3) is 0.733. The summed E-state index contributed by atoms with van der Waals surface area (Å²) in [6.45, 7) is 6.52. The number of rotatable bonds is 5. The SMILES string of the molecule is CCC1CCC(NCC(C)(O)c2ccc(C)o2)C1. The van der Waals surface area contributed by atoms with Crippen LogP contribution in [0.3, 0.4) is 0 Å². The molecule has 0 aromatic carbocycles. The van der Waals surface area contributed by atoms with E-state index in [1.807, 2.05) is 26.0 Å². The van der Waals surface area contributed by atoms with Crippen molar-refractivity contribution < 1.29 is 9.52 Å². The van der Waals surface area contributed by atoms with Gasteiger partial charge in [-0.3, -0.25) is 0 Å². The molecular weight excluding hydrogens is 226 g/mol. The van der Waals surface area contributed by atoms with Crippen molar-refractivity contribution in [1.82, 2.24) is 5.32 Å². The maximum absolute atomic E-state index is 10.4. The molecule has 0 radical (unpaired) electrons. The lowest BCUT2D eigenvalue weighted by atomic mass is 10.0. The van der Waals surface area contributed by atoms with Gasteiger partial charge in [0.15, 0.2) is 0 Å². The van der Waals surface area contributed by atoms with Crippen molar-refractivity contribution in [3.05, 3.63) is 23.7 Å². The molecule has 18 heavy (non-hydrogen) atoms. The van der Waals surface area contributed by atoms with Crippen LogP contribution >= 0.6 is 0 Å². The number of aliphatic hydroxyl groups is 1. The highest BCUT2D eigenvalue weighted by Crippen LogP contribution is 2.29. The first-order valence-electron chi connectivity index (χ1n) is 7.04. The first kappa shape index (κ1) is 13.6. The average Bonchev–Trinajstić information content (AvgIpc) is 2.95. The Morgan fingerprint density at radius 1 is 1.44 bits per heavy atom. The number of furan rings is 1. The smallest absolute Gasteiger partial charge is 0.136 e. The van der Waals surface area contributed by atoms with Crippen molar-refractivity contribution in [3.63, 3.8) is 0 Å². The van der Waals surface area contributed by atoms with E-state index in [2.05, 4.69) is 12.2 Å². The maximum atomic E-state index is 10.4. The van der Waals surface area contributed by atoms with E-state index in [4.69, 9.17) is 4.42 Å². The van der Waals surface area contributed by atoms with Gasteiger partial charge in [0.05, 0.1) is 0 Å². The molecule has 1 aliphatic rings. The molecule has 2 rings (SSSR count). The predicted molar refractivity (Wildman–Crippen MR) is 72.4 cm³/mol. The van der Waals surface area contributed by atoms with Crippen LogP contribution in [0.1, 0.15) is 51.1 Å². The standard InChI is InChI=1S/C15H25NO2/c1-4-12-6-7-13(9-12)16-10-15(3,17)14-8-5-11(2)18-14/h5,8,12-13,16-17H,4,6-7,9-10H2,1-3H3. The second-order valence-corrected chi connectivity index (χ2v) is 5.85. The highest BCUT2D eigenvalue weighted by Gasteiger charge is 2.29. The number of hydrogen-bond acceptors (Lipinski definition) is 3. The van der Waals surface area contributed by atoms with Crippen molar-refractivity contribution >= 4 is 0 Å². The van der Waals surface area contributed by atoms with Crippen LogP contribution < -0.4 is 5.32 Å². The predicted octanol–water partition coefficient (Wildman–Crippen LogP) is 2.96. The zero-order valence-corrected chi connectivity index (χ0v) is 11.7. The minimum absolute atomic E-state index is 0.553. The van der Waals surface area contributed by atoms with E-state index in [9.17, 15) is 5.11 Å². The molecule has 2 N–H and O–H groups in total. The van der Waals surface area contributed by atoms with Crippen LogP contribution in [-0.4, -0.2) is 17.7 Å². The third kappa shape index (κ3) is 3.15. The van der Waals surface area contributed by atoms with E-state index in [0.717, 1.165) is 11.7 Å². The molecule has 3 heteroatoms. The zero-order chi connectivity index (χ0) is 13.2. The van der Waals surface area contributed by atoms with E-state index in [-0.39, 0.29) is 0 Å². The second-order valence-electron chi connectivity index (χ2n) is 5.85. The molecule has 1 fully saturated rings. The fourth-order valence-electron chi connectivity index (χ4n) is 2.79. The van der Waals surface area contributed by atoms with Crippen molar-refractivity contribution in [2.24, 2.45) is 5.92 Å². The molecule has 0 amide bonds. The Labute approximate surface area is 110 Å². The van der Waals surface area contributed by atoms with E-state index in [0.29, 0.717) is 18.3 Å². The second kappa shape index (κ2) is 5.45. The van der Waals surface area contributed by atoms with Crippen LogP contribution in [0.2, 0.25) is 0 Å². The molecule has 0 bridgehead atoms. The van der Waals surface area contributed by atoms with Gasteiger partial charge in [-0.15, -0.1) is 0 Å². The summed E-state index contributed by atoms with van der Waals surface area (Å²) in [5, 5.41) is 13.9. The Bertz CT molecular complexity index is 384. The van der Waals surface area contributed by atoms with Crippen molar-refractivity contribution in [2.75, 3.05) is 6.54 Å². The third-order valence-electron chi connectivity index (χ3n) is 4.12. The summed E-state index contributed by atoms with van der Waals surface area (Å²) in [6, 6.07) is 4.31. The molecule has 1 aromatic heterocycles. The van der Waals surface area contributed by atoms with Crippen molar-refractivity contribution in [2.45, 2.75) is 58.1 Å². The fourth-order valence-corrected chi connectivity index (χ4v) is 2.79. The van der Waals surface area contributed by atoms with Crippen molar-refractivity contribution in [1.29, 1.82) is 0 Å². The van der Waals surface area contributed by atoms with Crippen LogP contribution in [0.15, 0.2) is 16.5 Å². The van der Waals surface area contributed by atoms with Gasteiger partial charge in [0.2, 0.25) is 0 Å². The highest BCUT2D eigenvalue weighted by atomic mass is 16.4. The Hall–Kier alpha value is -0.800. The summed E-state index contributed by atoms with van der Waals surface area (Å²) in [6.07, 6.45) is 5.05. The lowest BCUT2D eigenvalue weighted by Crippen LogP contribution is -2.39. The van der Waals surface area contributed by atoms with Crippen LogP contribution in [-0.2, 0) is 5.60 Å². The molecule has 1 heterocycles. The molecule has 3 nitrogen and oxygen atoms in total. The molecule has 3 unspecified atom stereocenters. The Morgan fingerprint density at radius 3 is 2.78 bits per heavy atom. The van der Waals surface area contributed by atoms with Gasteiger partial charge in [-0.05, 0) is 51.2 Å². The van der Waals surface area contributed by atoms with Gasteiger partial charge in [-0.1, -0.05) is 13.3 Å². The van der Waals surface area contributed by atoms with Gasteiger partial charge in [0.1, 0.15) is 17.1 Å². The lowest BCUT2D eigenvalue weighted by Gasteiger charge is -2.24. The minimum atomic E-state index is -0.918. The largest absolute Gasteiger partial charge is 0.463 e. The van der Waals surface area contributed by atoms with Gasteiger partial charge in [-0.25, -0.2) is 0 Å². The van der Waals surface area contributed by atoms with Crippen LogP contribution in [0, 0.1) is 12.8 Å². The first-order chi connectivity index (χ1) is 8.51. The quantitative estimate of drug-likeness (QED) is 0.845. The van der Waals surface area contributed by atoms with Crippen LogP contribution in [0.25, 0.3) is 0 Å².